The molecule has 0 saturated carbocycles. The number of nitrogens with one attached hydrogen (secondary N) is 1. The van der Waals surface area contributed by atoms with Crippen LogP contribution < -0.4 is 10.1 Å². The van der Waals surface area contributed by atoms with Crippen molar-refractivity contribution in [3.8, 4) is 5.75 Å². The molecule has 6 heteroatoms. The van der Waals surface area contributed by atoms with Crippen molar-refractivity contribution in [3.05, 3.63) is 57.7 Å². The molecule has 2 aromatic carbocycles. The number of rotatable bonds is 6. The summed E-state index contributed by atoms with van der Waals surface area (Å²) in [5, 5.41) is 2.85. The van der Waals surface area contributed by atoms with Gasteiger partial charge in [0.05, 0.1) is 13.2 Å². The zero-order chi connectivity index (χ0) is 17.5. The van der Waals surface area contributed by atoms with Gasteiger partial charge in [-0.2, -0.15) is 0 Å². The first-order valence-electron chi connectivity index (χ1n) is 8.27. The van der Waals surface area contributed by atoms with Crippen LogP contribution >= 0.6 is 22.6 Å². The fourth-order valence-corrected chi connectivity index (χ4v) is 3.01. The van der Waals surface area contributed by atoms with Crippen molar-refractivity contribution in [2.75, 3.05) is 38.2 Å². The molecule has 0 aliphatic carbocycles. The van der Waals surface area contributed by atoms with Crippen LogP contribution in [0.5, 0.6) is 5.75 Å². The Morgan fingerprint density at radius 1 is 1.12 bits per heavy atom. The molecule has 0 bridgehead atoms. The predicted molar refractivity (Wildman–Crippen MR) is 106 cm³/mol. The molecule has 1 saturated heterocycles. The van der Waals surface area contributed by atoms with Gasteiger partial charge in [-0.15, -0.1) is 0 Å². The van der Waals surface area contributed by atoms with Crippen molar-refractivity contribution in [1.82, 2.24) is 4.90 Å². The average molecular weight is 452 g/mol. The normalized spacial score (nSPS) is 14.9. The van der Waals surface area contributed by atoms with Crippen LogP contribution in [0.2, 0.25) is 0 Å². The SMILES string of the molecule is O=C(COc1ccccc1CN1CCOCC1)Nc1ccc(I)cc1. The molecule has 2 aromatic rings. The molecule has 1 aliphatic heterocycles. The average Bonchev–Trinajstić information content (AvgIpc) is 2.64. The highest BCUT2D eigenvalue weighted by Crippen LogP contribution is 2.20. The van der Waals surface area contributed by atoms with E-state index in [4.69, 9.17) is 9.47 Å². The molecule has 1 heterocycles. The third kappa shape index (κ3) is 5.69. The highest BCUT2D eigenvalue weighted by atomic mass is 127. The number of halogens is 1. The summed E-state index contributed by atoms with van der Waals surface area (Å²) in [6.45, 7) is 4.16. The standard InChI is InChI=1S/C19H21IN2O3/c20-16-5-7-17(8-6-16)21-19(23)14-25-18-4-2-1-3-15(18)13-22-9-11-24-12-10-22/h1-8H,9-14H2,(H,21,23). The van der Waals surface area contributed by atoms with Gasteiger partial charge in [0, 0.05) is 34.5 Å². The summed E-state index contributed by atoms with van der Waals surface area (Å²) in [7, 11) is 0. The number of benzene rings is 2. The molecule has 132 valence electrons. The lowest BCUT2D eigenvalue weighted by molar-refractivity contribution is -0.118. The van der Waals surface area contributed by atoms with Crippen molar-refractivity contribution in [2.24, 2.45) is 0 Å². The maximum atomic E-state index is 12.1. The van der Waals surface area contributed by atoms with E-state index in [2.05, 4.69) is 32.8 Å². The summed E-state index contributed by atoms with van der Waals surface area (Å²) in [6.07, 6.45) is 0. The van der Waals surface area contributed by atoms with Crippen molar-refractivity contribution < 1.29 is 14.3 Å². The smallest absolute Gasteiger partial charge is 0.262 e. The number of amides is 1. The van der Waals surface area contributed by atoms with Crippen molar-refractivity contribution in [3.63, 3.8) is 0 Å². The number of para-hydroxylation sites is 1. The second kappa shape index (κ2) is 9.17. The van der Waals surface area contributed by atoms with E-state index >= 15 is 0 Å². The van der Waals surface area contributed by atoms with Gasteiger partial charge in [0.25, 0.3) is 5.91 Å². The third-order valence-corrected chi connectivity index (χ3v) is 4.68. The topological polar surface area (TPSA) is 50.8 Å². The minimum Gasteiger partial charge on any atom is -0.483 e. The van der Waals surface area contributed by atoms with Crippen molar-refractivity contribution >= 4 is 34.2 Å². The molecule has 1 amide bonds. The summed E-state index contributed by atoms with van der Waals surface area (Å²) < 4.78 is 12.3. The second-order valence-electron chi connectivity index (χ2n) is 5.84. The quantitative estimate of drug-likeness (QED) is 0.685. The van der Waals surface area contributed by atoms with E-state index in [9.17, 15) is 4.79 Å². The Balaban J connectivity index is 1.55. The van der Waals surface area contributed by atoms with Crippen LogP contribution in [0.25, 0.3) is 0 Å². The highest BCUT2D eigenvalue weighted by Gasteiger charge is 2.14. The molecule has 1 fully saturated rings. The monoisotopic (exact) mass is 452 g/mol. The van der Waals surface area contributed by atoms with E-state index < -0.39 is 0 Å². The number of morpholine rings is 1. The van der Waals surface area contributed by atoms with Gasteiger partial charge in [0.1, 0.15) is 5.75 Å². The molecule has 0 spiro atoms. The van der Waals surface area contributed by atoms with Crippen LogP contribution in [-0.2, 0) is 16.1 Å². The van der Waals surface area contributed by atoms with Crippen LogP contribution in [0.3, 0.4) is 0 Å². The maximum absolute atomic E-state index is 12.1. The van der Waals surface area contributed by atoms with Gasteiger partial charge in [-0.3, -0.25) is 9.69 Å². The van der Waals surface area contributed by atoms with Crippen LogP contribution in [0.4, 0.5) is 5.69 Å². The summed E-state index contributed by atoms with van der Waals surface area (Å²) in [6, 6.07) is 15.5. The highest BCUT2D eigenvalue weighted by molar-refractivity contribution is 14.1. The van der Waals surface area contributed by atoms with Gasteiger partial charge in [-0.05, 0) is 52.9 Å². The lowest BCUT2D eigenvalue weighted by Crippen LogP contribution is -2.35. The first-order chi connectivity index (χ1) is 12.2. The lowest BCUT2D eigenvalue weighted by atomic mass is 10.2. The third-order valence-electron chi connectivity index (χ3n) is 3.96. The van der Waals surface area contributed by atoms with E-state index in [1.807, 2.05) is 48.5 Å². The van der Waals surface area contributed by atoms with Crippen LogP contribution in [0.1, 0.15) is 5.56 Å². The maximum Gasteiger partial charge on any atom is 0.262 e. The van der Waals surface area contributed by atoms with Gasteiger partial charge in [-0.1, -0.05) is 18.2 Å². The van der Waals surface area contributed by atoms with Crippen molar-refractivity contribution in [1.29, 1.82) is 0 Å². The molecule has 0 unspecified atom stereocenters. The largest absolute Gasteiger partial charge is 0.483 e. The minimum absolute atomic E-state index is 0.00783. The van der Waals surface area contributed by atoms with Crippen LogP contribution in [0, 0.1) is 3.57 Å². The predicted octanol–water partition coefficient (Wildman–Crippen LogP) is 3.14. The van der Waals surface area contributed by atoms with E-state index in [0.29, 0.717) is 0 Å². The van der Waals surface area contributed by atoms with Gasteiger partial charge in [0.15, 0.2) is 6.61 Å². The second-order valence-corrected chi connectivity index (χ2v) is 7.09. The molecular weight excluding hydrogens is 431 g/mol. The zero-order valence-corrected chi connectivity index (χ0v) is 16.1. The van der Waals surface area contributed by atoms with Gasteiger partial charge >= 0.3 is 0 Å². The number of anilines is 1. The van der Waals surface area contributed by atoms with E-state index in [-0.39, 0.29) is 12.5 Å². The fraction of sp³-hybridized carbons (Fsp3) is 0.316. The Morgan fingerprint density at radius 3 is 2.60 bits per heavy atom. The number of carbonyl (C=O) groups is 1. The zero-order valence-electron chi connectivity index (χ0n) is 13.9. The minimum atomic E-state index is -0.164. The summed E-state index contributed by atoms with van der Waals surface area (Å²) in [5.74, 6) is 0.592. The van der Waals surface area contributed by atoms with Crippen LogP contribution in [0.15, 0.2) is 48.5 Å². The van der Waals surface area contributed by atoms with Crippen LogP contribution in [-0.4, -0.2) is 43.7 Å². The van der Waals surface area contributed by atoms with Gasteiger partial charge < -0.3 is 14.8 Å². The summed E-state index contributed by atoms with van der Waals surface area (Å²) in [5.41, 5.74) is 1.86. The Bertz CT molecular complexity index is 700. The Morgan fingerprint density at radius 2 is 1.84 bits per heavy atom. The molecule has 1 N–H and O–H groups in total. The van der Waals surface area contributed by atoms with Gasteiger partial charge in [0.2, 0.25) is 0 Å². The molecule has 0 atom stereocenters. The summed E-state index contributed by atoms with van der Waals surface area (Å²) in [4.78, 5) is 14.4. The number of hydrogen-bond acceptors (Lipinski definition) is 4. The molecule has 3 rings (SSSR count). The number of hydrogen-bond donors (Lipinski definition) is 1. The first kappa shape index (κ1) is 18.2. The number of nitrogens with zero attached hydrogens (tertiary/aromatic N) is 1. The number of ether oxygens (including phenoxy) is 2. The van der Waals surface area contributed by atoms with Crippen molar-refractivity contribution in [2.45, 2.75) is 6.54 Å². The van der Waals surface area contributed by atoms with E-state index in [1.165, 1.54) is 0 Å². The van der Waals surface area contributed by atoms with E-state index in [0.717, 1.165) is 53.4 Å². The molecule has 25 heavy (non-hydrogen) atoms. The van der Waals surface area contributed by atoms with Gasteiger partial charge in [-0.25, -0.2) is 0 Å². The summed E-state index contributed by atoms with van der Waals surface area (Å²) >= 11 is 2.23. The first-order valence-corrected chi connectivity index (χ1v) is 9.35. The Hall–Kier alpha value is -1.64. The molecule has 0 radical (unpaired) electrons. The molecule has 5 nitrogen and oxygen atoms in total. The number of carbonyl (C=O) groups excluding carboxylic acids is 1. The lowest BCUT2D eigenvalue weighted by Gasteiger charge is -2.27. The Kier molecular flexibility index (Phi) is 6.66. The molecule has 1 aliphatic rings. The molecule has 0 aromatic heterocycles. The molecular formula is C19H21IN2O3. The fourth-order valence-electron chi connectivity index (χ4n) is 2.65. The van der Waals surface area contributed by atoms with E-state index in [1.54, 1.807) is 0 Å². The Labute approximate surface area is 161 Å².